The van der Waals surface area contributed by atoms with Crippen LogP contribution in [0.4, 0.5) is 4.39 Å². The summed E-state index contributed by atoms with van der Waals surface area (Å²) in [6.07, 6.45) is 2.13. The van der Waals surface area contributed by atoms with E-state index in [2.05, 4.69) is 4.90 Å². The fourth-order valence-corrected chi connectivity index (χ4v) is 2.45. The van der Waals surface area contributed by atoms with Gasteiger partial charge in [-0.2, -0.15) is 0 Å². The van der Waals surface area contributed by atoms with Crippen LogP contribution >= 0.6 is 0 Å². The second kappa shape index (κ2) is 6.12. The van der Waals surface area contributed by atoms with Gasteiger partial charge in [-0.1, -0.05) is 0 Å². The quantitative estimate of drug-likeness (QED) is 0.908. The Morgan fingerprint density at radius 1 is 1.47 bits per heavy atom. The van der Waals surface area contributed by atoms with E-state index < -0.39 is 11.8 Å². The number of benzene rings is 1. The third kappa shape index (κ3) is 3.52. The number of rotatable bonds is 4. The zero-order valence-corrected chi connectivity index (χ0v) is 10.9. The molecule has 1 saturated heterocycles. The highest BCUT2D eigenvalue weighted by atomic mass is 19.1. The highest BCUT2D eigenvalue weighted by Gasteiger charge is 2.20. The summed E-state index contributed by atoms with van der Waals surface area (Å²) in [4.78, 5) is 13.2. The molecule has 0 radical (unpaired) electrons. The minimum absolute atomic E-state index is 0.176. The molecular formula is C14H18FNO3. The predicted octanol–water partition coefficient (Wildman–Crippen LogP) is 2.13. The fraction of sp³-hybridized carbons (Fsp3) is 0.500. The Hall–Kier alpha value is -1.46. The number of nitrogens with zero attached hydrogens (tertiary/aromatic N) is 1. The number of halogens is 1. The summed E-state index contributed by atoms with van der Waals surface area (Å²) in [6, 6.07) is 3.82. The van der Waals surface area contributed by atoms with Crippen LogP contribution in [0.15, 0.2) is 18.2 Å². The first-order valence-corrected chi connectivity index (χ1v) is 6.37. The highest BCUT2D eigenvalue weighted by Crippen LogP contribution is 2.18. The monoisotopic (exact) mass is 267 g/mol. The van der Waals surface area contributed by atoms with Crippen LogP contribution in [-0.2, 0) is 11.3 Å². The first kappa shape index (κ1) is 14.0. The topological polar surface area (TPSA) is 49.8 Å². The van der Waals surface area contributed by atoms with Gasteiger partial charge < -0.3 is 9.84 Å². The first-order chi connectivity index (χ1) is 9.10. The normalized spacial score (nSPS) is 17.6. The molecule has 0 atom stereocenters. The number of hydrogen-bond acceptors (Lipinski definition) is 3. The van der Waals surface area contributed by atoms with Crippen molar-refractivity contribution in [3.8, 4) is 0 Å². The molecule has 1 fully saturated rings. The molecule has 0 aromatic heterocycles. The van der Waals surface area contributed by atoms with E-state index in [1.807, 2.05) is 0 Å². The van der Waals surface area contributed by atoms with Crippen molar-refractivity contribution in [2.24, 2.45) is 0 Å². The van der Waals surface area contributed by atoms with Gasteiger partial charge >= 0.3 is 5.97 Å². The second-order valence-corrected chi connectivity index (χ2v) is 4.82. The Bertz CT molecular complexity index is 456. The fourth-order valence-electron chi connectivity index (χ4n) is 2.45. The lowest BCUT2D eigenvalue weighted by molar-refractivity contribution is 0.0386. The average Bonchev–Trinajstić information content (AvgIpc) is 2.39. The largest absolute Gasteiger partial charge is 0.478 e. The molecule has 0 bridgehead atoms. The van der Waals surface area contributed by atoms with Crippen LogP contribution in [0.1, 0.15) is 28.8 Å². The molecular weight excluding hydrogens is 249 g/mol. The van der Waals surface area contributed by atoms with Gasteiger partial charge in [-0.15, -0.1) is 0 Å². The van der Waals surface area contributed by atoms with Crippen LogP contribution in [0.25, 0.3) is 0 Å². The molecule has 104 valence electrons. The molecule has 0 amide bonds. The van der Waals surface area contributed by atoms with E-state index in [1.165, 1.54) is 18.2 Å². The van der Waals surface area contributed by atoms with Gasteiger partial charge in [-0.05, 0) is 36.6 Å². The third-order valence-electron chi connectivity index (χ3n) is 3.56. The van der Waals surface area contributed by atoms with Crippen LogP contribution in [0.3, 0.4) is 0 Å². The van der Waals surface area contributed by atoms with Gasteiger partial charge in [0.25, 0.3) is 0 Å². The standard InChI is InChI=1S/C14H18FNO3/c1-19-12-4-6-16(7-5-12)9-10-8-11(15)2-3-13(10)14(17)18/h2-3,8,12H,4-7,9H2,1H3,(H,17,18). The van der Waals surface area contributed by atoms with Crippen molar-refractivity contribution in [2.75, 3.05) is 20.2 Å². The van der Waals surface area contributed by atoms with Gasteiger partial charge in [-0.3, -0.25) is 4.90 Å². The Labute approximate surface area is 111 Å². The molecule has 19 heavy (non-hydrogen) atoms. The number of piperidine rings is 1. The zero-order valence-electron chi connectivity index (χ0n) is 10.9. The lowest BCUT2D eigenvalue weighted by Gasteiger charge is -2.31. The van der Waals surface area contributed by atoms with Crippen LogP contribution < -0.4 is 0 Å². The number of hydrogen-bond donors (Lipinski definition) is 1. The van der Waals surface area contributed by atoms with Crippen LogP contribution in [-0.4, -0.2) is 42.3 Å². The molecule has 5 heteroatoms. The number of carbonyl (C=O) groups is 1. The number of likely N-dealkylation sites (tertiary alicyclic amines) is 1. The van der Waals surface area contributed by atoms with Crippen molar-refractivity contribution >= 4 is 5.97 Å². The van der Waals surface area contributed by atoms with Crippen molar-refractivity contribution in [1.82, 2.24) is 4.90 Å². The Morgan fingerprint density at radius 3 is 2.74 bits per heavy atom. The SMILES string of the molecule is COC1CCN(Cc2cc(F)ccc2C(=O)O)CC1. The lowest BCUT2D eigenvalue weighted by atomic mass is 10.0. The molecule has 2 rings (SSSR count). The van der Waals surface area contributed by atoms with E-state index >= 15 is 0 Å². The van der Waals surface area contributed by atoms with Crippen molar-refractivity contribution in [2.45, 2.75) is 25.5 Å². The lowest BCUT2D eigenvalue weighted by Crippen LogP contribution is -2.36. The van der Waals surface area contributed by atoms with Crippen molar-refractivity contribution in [3.63, 3.8) is 0 Å². The predicted molar refractivity (Wildman–Crippen MR) is 68.7 cm³/mol. The first-order valence-electron chi connectivity index (χ1n) is 6.37. The number of ether oxygens (including phenoxy) is 1. The average molecular weight is 267 g/mol. The molecule has 1 N–H and O–H groups in total. The smallest absolute Gasteiger partial charge is 0.336 e. The van der Waals surface area contributed by atoms with Gasteiger partial charge in [0.1, 0.15) is 5.82 Å². The maximum Gasteiger partial charge on any atom is 0.336 e. The van der Waals surface area contributed by atoms with Crippen molar-refractivity contribution in [1.29, 1.82) is 0 Å². The molecule has 1 aliphatic heterocycles. The van der Waals surface area contributed by atoms with Gasteiger partial charge in [0.05, 0.1) is 11.7 Å². The molecule has 0 spiro atoms. The van der Waals surface area contributed by atoms with Crippen LogP contribution in [0.2, 0.25) is 0 Å². The summed E-state index contributed by atoms with van der Waals surface area (Å²) in [5.74, 6) is -1.41. The molecule has 0 unspecified atom stereocenters. The molecule has 4 nitrogen and oxygen atoms in total. The second-order valence-electron chi connectivity index (χ2n) is 4.82. The maximum atomic E-state index is 13.2. The van der Waals surface area contributed by atoms with E-state index in [4.69, 9.17) is 9.84 Å². The summed E-state index contributed by atoms with van der Waals surface area (Å²) in [6.45, 7) is 2.15. The van der Waals surface area contributed by atoms with Crippen molar-refractivity contribution < 1.29 is 19.0 Å². The minimum atomic E-state index is -1.01. The third-order valence-corrected chi connectivity index (χ3v) is 3.56. The molecule has 1 heterocycles. The van der Waals surface area contributed by atoms with Crippen molar-refractivity contribution in [3.05, 3.63) is 35.1 Å². The van der Waals surface area contributed by atoms with E-state index in [-0.39, 0.29) is 11.7 Å². The Kier molecular flexibility index (Phi) is 4.50. The van der Waals surface area contributed by atoms with Gasteiger partial charge in [0.15, 0.2) is 0 Å². The Balaban J connectivity index is 2.06. The molecule has 1 aliphatic rings. The van der Waals surface area contributed by atoms with E-state index in [9.17, 15) is 9.18 Å². The molecule has 1 aromatic rings. The van der Waals surface area contributed by atoms with E-state index in [0.717, 1.165) is 25.9 Å². The number of carboxylic acid groups (broad SMARTS) is 1. The molecule has 0 aliphatic carbocycles. The number of methoxy groups -OCH3 is 1. The van der Waals surface area contributed by atoms with Gasteiger partial charge in [-0.25, -0.2) is 9.18 Å². The molecule has 1 aromatic carbocycles. The summed E-state index contributed by atoms with van der Waals surface area (Å²) in [5, 5.41) is 9.11. The minimum Gasteiger partial charge on any atom is -0.478 e. The van der Waals surface area contributed by atoms with Crippen LogP contribution in [0, 0.1) is 5.82 Å². The van der Waals surface area contributed by atoms with Gasteiger partial charge in [0.2, 0.25) is 0 Å². The molecule has 0 saturated carbocycles. The van der Waals surface area contributed by atoms with Crippen LogP contribution in [0.5, 0.6) is 0 Å². The maximum absolute atomic E-state index is 13.2. The zero-order chi connectivity index (χ0) is 13.8. The summed E-state index contributed by atoms with van der Waals surface area (Å²) >= 11 is 0. The van der Waals surface area contributed by atoms with E-state index in [1.54, 1.807) is 7.11 Å². The van der Waals surface area contributed by atoms with Gasteiger partial charge in [0, 0.05) is 26.7 Å². The number of carboxylic acids is 1. The summed E-state index contributed by atoms with van der Waals surface area (Å²) < 4.78 is 18.5. The Morgan fingerprint density at radius 2 is 2.16 bits per heavy atom. The highest BCUT2D eigenvalue weighted by molar-refractivity contribution is 5.89. The summed E-state index contributed by atoms with van der Waals surface area (Å²) in [5.41, 5.74) is 0.707. The number of aromatic carboxylic acids is 1. The van der Waals surface area contributed by atoms with E-state index in [0.29, 0.717) is 12.1 Å². The summed E-state index contributed by atoms with van der Waals surface area (Å²) in [7, 11) is 1.70.